The molecule has 0 aromatic carbocycles. The minimum absolute atomic E-state index is 0.307. The monoisotopic (exact) mass is 218 g/mol. The number of aliphatic hydroxyl groups is 1. The Hall–Kier alpha value is -1.43. The lowest BCUT2D eigenvalue weighted by Gasteiger charge is -2.24. The number of aliphatic hydroxyl groups excluding tert-OH is 1. The summed E-state index contributed by atoms with van der Waals surface area (Å²) in [6.45, 7) is 3.57. The van der Waals surface area contributed by atoms with Gasteiger partial charge in [0, 0.05) is 13.8 Å². The second-order valence-corrected chi connectivity index (χ2v) is 3.02. The topological polar surface area (TPSA) is 89.9 Å². The Morgan fingerprint density at radius 3 is 1.93 bits per heavy atom. The Labute approximate surface area is 87.2 Å². The summed E-state index contributed by atoms with van der Waals surface area (Å²) in [4.78, 5) is 31.9. The molecule has 0 unspecified atom stereocenters. The highest BCUT2D eigenvalue weighted by Gasteiger charge is 2.30. The lowest BCUT2D eigenvalue weighted by atomic mass is 10.1. The van der Waals surface area contributed by atoms with Crippen LogP contribution < -0.4 is 0 Å². The molecule has 0 rings (SSSR count). The second-order valence-electron chi connectivity index (χ2n) is 3.02. The third-order valence-corrected chi connectivity index (χ3v) is 1.54. The van der Waals surface area contributed by atoms with Crippen LogP contribution in [-0.2, 0) is 23.9 Å². The summed E-state index contributed by atoms with van der Waals surface area (Å²) in [6.07, 6.45) is -3.26. The highest BCUT2D eigenvalue weighted by Crippen LogP contribution is 2.08. The van der Waals surface area contributed by atoms with Crippen LogP contribution in [-0.4, -0.2) is 41.6 Å². The number of esters is 2. The molecule has 0 saturated carbocycles. The summed E-state index contributed by atoms with van der Waals surface area (Å²) in [5.74, 6) is -1.36. The molecule has 86 valence electrons. The SMILES string of the molecule is CC(=O)O[C@H]([C@H](C=O)OC(C)=O)[C@@H](C)O. The van der Waals surface area contributed by atoms with Crippen LogP contribution in [0.15, 0.2) is 0 Å². The number of carbonyl (C=O) groups is 3. The van der Waals surface area contributed by atoms with Crippen LogP contribution in [0.3, 0.4) is 0 Å². The quantitative estimate of drug-likeness (QED) is 0.491. The van der Waals surface area contributed by atoms with Gasteiger partial charge in [-0.25, -0.2) is 0 Å². The van der Waals surface area contributed by atoms with Crippen LogP contribution in [0, 0.1) is 0 Å². The lowest BCUT2D eigenvalue weighted by molar-refractivity contribution is -0.173. The van der Waals surface area contributed by atoms with Gasteiger partial charge < -0.3 is 14.6 Å². The van der Waals surface area contributed by atoms with Crippen LogP contribution in [0.4, 0.5) is 0 Å². The summed E-state index contributed by atoms with van der Waals surface area (Å²) in [7, 11) is 0. The molecule has 0 radical (unpaired) electrons. The summed E-state index contributed by atoms with van der Waals surface area (Å²) in [6, 6.07) is 0. The molecule has 0 aromatic heterocycles. The maximum absolute atomic E-state index is 10.7. The molecule has 6 heteroatoms. The van der Waals surface area contributed by atoms with Crippen LogP contribution in [0.5, 0.6) is 0 Å². The number of hydrogen-bond donors (Lipinski definition) is 1. The standard InChI is InChI=1S/C9H14O6/c1-5(11)9(15-7(3)13)8(4-10)14-6(2)12/h4-5,8-9,11H,1-3H3/t5-,8+,9+/m1/s1. The van der Waals surface area contributed by atoms with E-state index in [1.807, 2.05) is 0 Å². The van der Waals surface area contributed by atoms with Crippen LogP contribution in [0.25, 0.3) is 0 Å². The van der Waals surface area contributed by atoms with Gasteiger partial charge in [0.2, 0.25) is 0 Å². The predicted molar refractivity (Wildman–Crippen MR) is 48.9 cm³/mol. The van der Waals surface area contributed by atoms with Gasteiger partial charge in [0.15, 0.2) is 18.5 Å². The first-order valence-corrected chi connectivity index (χ1v) is 4.36. The van der Waals surface area contributed by atoms with E-state index >= 15 is 0 Å². The van der Waals surface area contributed by atoms with Crippen LogP contribution in [0.2, 0.25) is 0 Å². The van der Waals surface area contributed by atoms with Gasteiger partial charge >= 0.3 is 11.9 Å². The molecule has 0 saturated heterocycles. The average Bonchev–Trinajstić information content (AvgIpc) is 2.09. The van der Waals surface area contributed by atoms with Crippen molar-refractivity contribution in [3.8, 4) is 0 Å². The van der Waals surface area contributed by atoms with E-state index in [1.54, 1.807) is 0 Å². The minimum atomic E-state index is -1.29. The molecule has 0 aromatic rings. The predicted octanol–water partition coefficient (Wildman–Crippen LogP) is -0.571. The van der Waals surface area contributed by atoms with E-state index in [0.717, 1.165) is 13.8 Å². The van der Waals surface area contributed by atoms with Crippen molar-refractivity contribution in [2.24, 2.45) is 0 Å². The molecule has 0 amide bonds. The van der Waals surface area contributed by atoms with Gasteiger partial charge in [-0.3, -0.25) is 14.4 Å². The molecular weight excluding hydrogens is 204 g/mol. The van der Waals surface area contributed by atoms with Gasteiger partial charge in [-0.2, -0.15) is 0 Å². The Morgan fingerprint density at radius 1 is 1.20 bits per heavy atom. The summed E-state index contributed by atoms with van der Waals surface area (Å²) >= 11 is 0. The summed E-state index contributed by atoms with van der Waals surface area (Å²) in [5.41, 5.74) is 0. The Balaban J connectivity index is 4.61. The summed E-state index contributed by atoms with van der Waals surface area (Å²) < 4.78 is 9.25. The first-order chi connectivity index (χ1) is 6.88. The van der Waals surface area contributed by atoms with Crippen molar-refractivity contribution < 1.29 is 29.0 Å². The number of aldehydes is 1. The van der Waals surface area contributed by atoms with Crippen molar-refractivity contribution in [2.45, 2.75) is 39.1 Å². The zero-order valence-electron chi connectivity index (χ0n) is 8.80. The van der Waals surface area contributed by atoms with E-state index in [2.05, 4.69) is 9.47 Å². The zero-order valence-corrected chi connectivity index (χ0v) is 8.80. The van der Waals surface area contributed by atoms with Gasteiger partial charge in [-0.05, 0) is 6.92 Å². The van der Waals surface area contributed by atoms with E-state index < -0.39 is 30.3 Å². The van der Waals surface area contributed by atoms with Gasteiger partial charge in [0.25, 0.3) is 0 Å². The number of rotatable bonds is 5. The van der Waals surface area contributed by atoms with Crippen molar-refractivity contribution in [1.82, 2.24) is 0 Å². The second kappa shape index (κ2) is 6.13. The Bertz CT molecular complexity index is 247. The summed E-state index contributed by atoms with van der Waals surface area (Å²) in [5, 5.41) is 9.25. The molecule has 0 fully saturated rings. The van der Waals surface area contributed by atoms with Crippen molar-refractivity contribution in [1.29, 1.82) is 0 Å². The fourth-order valence-electron chi connectivity index (χ4n) is 0.996. The maximum Gasteiger partial charge on any atom is 0.303 e. The van der Waals surface area contributed by atoms with E-state index in [0.29, 0.717) is 6.29 Å². The Kier molecular flexibility index (Phi) is 5.54. The smallest absolute Gasteiger partial charge is 0.303 e. The molecule has 0 bridgehead atoms. The van der Waals surface area contributed by atoms with E-state index in [-0.39, 0.29) is 0 Å². The highest BCUT2D eigenvalue weighted by atomic mass is 16.6. The van der Waals surface area contributed by atoms with Gasteiger partial charge in [0.1, 0.15) is 0 Å². The molecule has 3 atom stereocenters. The first kappa shape index (κ1) is 13.6. The largest absolute Gasteiger partial charge is 0.455 e. The number of carbonyl (C=O) groups excluding carboxylic acids is 3. The molecule has 0 heterocycles. The zero-order chi connectivity index (χ0) is 12.0. The third-order valence-electron chi connectivity index (χ3n) is 1.54. The van der Waals surface area contributed by atoms with Crippen LogP contribution >= 0.6 is 0 Å². The molecule has 15 heavy (non-hydrogen) atoms. The first-order valence-electron chi connectivity index (χ1n) is 4.36. The van der Waals surface area contributed by atoms with Crippen LogP contribution in [0.1, 0.15) is 20.8 Å². The van der Waals surface area contributed by atoms with Gasteiger partial charge in [-0.1, -0.05) is 0 Å². The molecular formula is C9H14O6. The fraction of sp³-hybridized carbons (Fsp3) is 0.667. The molecule has 0 aliphatic rings. The average molecular weight is 218 g/mol. The lowest BCUT2D eigenvalue weighted by Crippen LogP contribution is -2.42. The molecule has 0 spiro atoms. The third kappa shape index (κ3) is 5.11. The highest BCUT2D eigenvalue weighted by molar-refractivity contribution is 5.71. The van der Waals surface area contributed by atoms with Crippen molar-refractivity contribution in [3.63, 3.8) is 0 Å². The number of hydrogen-bond acceptors (Lipinski definition) is 6. The Morgan fingerprint density at radius 2 is 1.67 bits per heavy atom. The van der Waals surface area contributed by atoms with E-state index in [1.165, 1.54) is 6.92 Å². The van der Waals surface area contributed by atoms with Gasteiger partial charge in [0.05, 0.1) is 6.10 Å². The molecule has 6 nitrogen and oxygen atoms in total. The van der Waals surface area contributed by atoms with Gasteiger partial charge in [-0.15, -0.1) is 0 Å². The van der Waals surface area contributed by atoms with Crippen molar-refractivity contribution in [3.05, 3.63) is 0 Å². The molecule has 0 aliphatic carbocycles. The fourth-order valence-corrected chi connectivity index (χ4v) is 0.996. The normalized spacial score (nSPS) is 16.0. The van der Waals surface area contributed by atoms with E-state index in [4.69, 9.17) is 0 Å². The maximum atomic E-state index is 10.7. The van der Waals surface area contributed by atoms with Crippen molar-refractivity contribution >= 4 is 18.2 Å². The molecule has 1 N–H and O–H groups in total. The van der Waals surface area contributed by atoms with Crippen molar-refractivity contribution in [2.75, 3.05) is 0 Å². The number of ether oxygens (including phenoxy) is 2. The minimum Gasteiger partial charge on any atom is -0.455 e. The molecule has 0 aliphatic heterocycles. The van der Waals surface area contributed by atoms with E-state index in [9.17, 15) is 19.5 Å².